The molecule has 2 aliphatic rings. The molecule has 2 aliphatic heterocycles. The standard InChI is InChI=1S/C19H29N3O/c1-20-12-14-21(15-13-20)16-19(23)17-6-8-18(9-7-17)22-10-4-2-3-5-11-22/h6-9H,2-5,10-16H2,1H3. The summed E-state index contributed by atoms with van der Waals surface area (Å²) < 4.78 is 0. The van der Waals surface area contributed by atoms with Crippen molar-refractivity contribution in [1.29, 1.82) is 0 Å². The topological polar surface area (TPSA) is 26.8 Å². The Morgan fingerprint density at radius 1 is 0.870 bits per heavy atom. The lowest BCUT2D eigenvalue weighted by atomic mass is 10.1. The highest BCUT2D eigenvalue weighted by Crippen LogP contribution is 2.20. The SMILES string of the molecule is CN1CCN(CC(=O)c2ccc(N3CCCCCC3)cc2)CC1. The molecule has 0 N–H and O–H groups in total. The van der Waals surface area contributed by atoms with Crippen molar-refractivity contribution >= 4 is 11.5 Å². The third kappa shape index (κ3) is 4.55. The zero-order chi connectivity index (χ0) is 16.1. The molecule has 0 bridgehead atoms. The smallest absolute Gasteiger partial charge is 0.176 e. The van der Waals surface area contributed by atoms with E-state index in [1.54, 1.807) is 0 Å². The number of hydrogen-bond acceptors (Lipinski definition) is 4. The van der Waals surface area contributed by atoms with Gasteiger partial charge in [-0.25, -0.2) is 0 Å². The number of rotatable bonds is 4. The summed E-state index contributed by atoms with van der Waals surface area (Å²) in [5, 5.41) is 0. The first kappa shape index (κ1) is 16.5. The van der Waals surface area contributed by atoms with Crippen molar-refractivity contribution in [3.05, 3.63) is 29.8 Å². The lowest BCUT2D eigenvalue weighted by Crippen LogP contribution is -2.46. The van der Waals surface area contributed by atoms with Crippen LogP contribution in [0.3, 0.4) is 0 Å². The minimum Gasteiger partial charge on any atom is -0.372 e. The van der Waals surface area contributed by atoms with Crippen molar-refractivity contribution in [3.63, 3.8) is 0 Å². The number of hydrogen-bond donors (Lipinski definition) is 0. The van der Waals surface area contributed by atoms with E-state index in [2.05, 4.69) is 33.9 Å². The van der Waals surface area contributed by atoms with E-state index < -0.39 is 0 Å². The van der Waals surface area contributed by atoms with Crippen LogP contribution in [0, 0.1) is 0 Å². The van der Waals surface area contributed by atoms with Gasteiger partial charge in [0, 0.05) is 50.5 Å². The summed E-state index contributed by atoms with van der Waals surface area (Å²) in [5.41, 5.74) is 2.12. The third-order valence-electron chi connectivity index (χ3n) is 5.12. The molecular weight excluding hydrogens is 286 g/mol. The molecule has 0 aliphatic carbocycles. The van der Waals surface area contributed by atoms with Gasteiger partial charge in [-0.2, -0.15) is 0 Å². The number of anilines is 1. The summed E-state index contributed by atoms with van der Waals surface area (Å²) in [5.74, 6) is 0.247. The Bertz CT molecular complexity index is 498. The average molecular weight is 315 g/mol. The van der Waals surface area contributed by atoms with Gasteiger partial charge in [-0.3, -0.25) is 9.69 Å². The zero-order valence-electron chi connectivity index (χ0n) is 14.3. The molecular formula is C19H29N3O. The van der Waals surface area contributed by atoms with Crippen molar-refractivity contribution in [2.75, 3.05) is 57.8 Å². The Balaban J connectivity index is 1.56. The molecule has 126 valence electrons. The number of carbonyl (C=O) groups excluding carboxylic acids is 1. The highest BCUT2D eigenvalue weighted by atomic mass is 16.1. The van der Waals surface area contributed by atoms with Crippen LogP contribution in [-0.2, 0) is 0 Å². The van der Waals surface area contributed by atoms with E-state index in [1.165, 1.54) is 31.4 Å². The molecule has 0 saturated carbocycles. The van der Waals surface area contributed by atoms with E-state index in [0.717, 1.165) is 44.8 Å². The van der Waals surface area contributed by atoms with Crippen molar-refractivity contribution in [2.45, 2.75) is 25.7 Å². The minimum absolute atomic E-state index is 0.247. The molecule has 0 unspecified atom stereocenters. The second-order valence-electron chi connectivity index (χ2n) is 6.95. The predicted octanol–water partition coefficient (Wildman–Crippen LogP) is 2.50. The molecule has 0 spiro atoms. The summed E-state index contributed by atoms with van der Waals surface area (Å²) in [6, 6.07) is 8.28. The van der Waals surface area contributed by atoms with E-state index in [0.29, 0.717) is 6.54 Å². The van der Waals surface area contributed by atoms with Crippen LogP contribution in [-0.4, -0.2) is 68.4 Å². The van der Waals surface area contributed by atoms with Crippen molar-refractivity contribution < 1.29 is 4.79 Å². The molecule has 0 atom stereocenters. The summed E-state index contributed by atoms with van der Waals surface area (Å²) in [7, 11) is 2.14. The van der Waals surface area contributed by atoms with Gasteiger partial charge in [0.2, 0.25) is 0 Å². The number of piperazine rings is 1. The lowest BCUT2D eigenvalue weighted by molar-refractivity contribution is 0.0876. The van der Waals surface area contributed by atoms with Gasteiger partial charge in [-0.15, -0.1) is 0 Å². The van der Waals surface area contributed by atoms with Gasteiger partial charge < -0.3 is 9.80 Å². The Morgan fingerprint density at radius 3 is 2.09 bits per heavy atom. The quantitative estimate of drug-likeness (QED) is 0.798. The predicted molar refractivity (Wildman–Crippen MR) is 95.4 cm³/mol. The number of likely N-dealkylation sites (N-methyl/N-ethyl adjacent to an activating group) is 1. The summed E-state index contributed by atoms with van der Waals surface area (Å²) in [6.45, 7) is 6.95. The second-order valence-corrected chi connectivity index (χ2v) is 6.95. The monoisotopic (exact) mass is 315 g/mol. The van der Waals surface area contributed by atoms with Crippen LogP contribution in [0.15, 0.2) is 24.3 Å². The summed E-state index contributed by atoms with van der Waals surface area (Å²) >= 11 is 0. The van der Waals surface area contributed by atoms with Crippen LogP contribution in [0.1, 0.15) is 36.0 Å². The first-order valence-corrected chi connectivity index (χ1v) is 9.01. The molecule has 23 heavy (non-hydrogen) atoms. The maximum Gasteiger partial charge on any atom is 0.176 e. The Kier molecular flexibility index (Phi) is 5.68. The number of Topliss-reactive ketones (excluding diaryl/α,β-unsaturated/α-hetero) is 1. The van der Waals surface area contributed by atoms with Crippen molar-refractivity contribution in [2.24, 2.45) is 0 Å². The van der Waals surface area contributed by atoms with Gasteiger partial charge in [-0.1, -0.05) is 12.8 Å². The fourth-order valence-corrected chi connectivity index (χ4v) is 3.49. The van der Waals surface area contributed by atoms with Crippen LogP contribution >= 0.6 is 0 Å². The molecule has 2 heterocycles. The molecule has 0 radical (unpaired) electrons. The first-order valence-electron chi connectivity index (χ1n) is 9.01. The molecule has 1 aromatic rings. The molecule has 2 fully saturated rings. The van der Waals surface area contributed by atoms with Crippen LogP contribution in [0.4, 0.5) is 5.69 Å². The van der Waals surface area contributed by atoms with Crippen LogP contribution in [0.5, 0.6) is 0 Å². The molecule has 2 saturated heterocycles. The van der Waals surface area contributed by atoms with Gasteiger partial charge in [0.15, 0.2) is 5.78 Å². The molecule has 1 aromatic carbocycles. The van der Waals surface area contributed by atoms with Gasteiger partial charge >= 0.3 is 0 Å². The van der Waals surface area contributed by atoms with Gasteiger partial charge in [0.1, 0.15) is 0 Å². The van der Waals surface area contributed by atoms with E-state index >= 15 is 0 Å². The maximum absolute atomic E-state index is 12.5. The second kappa shape index (κ2) is 7.93. The Morgan fingerprint density at radius 2 is 1.48 bits per heavy atom. The summed E-state index contributed by atoms with van der Waals surface area (Å²) in [6.07, 6.45) is 5.25. The number of benzene rings is 1. The summed E-state index contributed by atoms with van der Waals surface area (Å²) in [4.78, 5) is 19.5. The maximum atomic E-state index is 12.5. The average Bonchev–Trinajstić information content (AvgIpc) is 2.86. The third-order valence-corrected chi connectivity index (χ3v) is 5.12. The fraction of sp³-hybridized carbons (Fsp3) is 0.632. The zero-order valence-corrected chi connectivity index (χ0v) is 14.3. The molecule has 4 nitrogen and oxygen atoms in total. The van der Waals surface area contributed by atoms with E-state index in [9.17, 15) is 4.79 Å². The van der Waals surface area contributed by atoms with Crippen LogP contribution in [0.2, 0.25) is 0 Å². The lowest BCUT2D eigenvalue weighted by Gasteiger charge is -2.31. The Hall–Kier alpha value is -1.39. The molecule has 4 heteroatoms. The number of ketones is 1. The van der Waals surface area contributed by atoms with Gasteiger partial charge in [0.25, 0.3) is 0 Å². The van der Waals surface area contributed by atoms with Crippen molar-refractivity contribution in [3.8, 4) is 0 Å². The largest absolute Gasteiger partial charge is 0.372 e. The van der Waals surface area contributed by atoms with E-state index in [-0.39, 0.29) is 5.78 Å². The van der Waals surface area contributed by atoms with E-state index in [1.807, 2.05) is 12.1 Å². The fourth-order valence-electron chi connectivity index (χ4n) is 3.49. The normalized spacial score (nSPS) is 21.2. The van der Waals surface area contributed by atoms with E-state index in [4.69, 9.17) is 0 Å². The van der Waals surface area contributed by atoms with Gasteiger partial charge in [0.05, 0.1) is 6.54 Å². The molecule has 3 rings (SSSR count). The van der Waals surface area contributed by atoms with Crippen molar-refractivity contribution in [1.82, 2.24) is 9.80 Å². The van der Waals surface area contributed by atoms with Crippen LogP contribution in [0.25, 0.3) is 0 Å². The number of nitrogens with zero attached hydrogens (tertiary/aromatic N) is 3. The molecule has 0 amide bonds. The first-order chi connectivity index (χ1) is 11.2. The number of carbonyl (C=O) groups is 1. The molecule has 0 aromatic heterocycles. The van der Waals surface area contributed by atoms with Crippen LogP contribution < -0.4 is 4.90 Å². The minimum atomic E-state index is 0.247. The highest BCUT2D eigenvalue weighted by Gasteiger charge is 2.17. The van der Waals surface area contributed by atoms with Gasteiger partial charge in [-0.05, 0) is 44.2 Å². The Labute approximate surface area is 140 Å². The highest BCUT2D eigenvalue weighted by molar-refractivity contribution is 5.97.